The molecule has 2 aliphatic heterocycles. The number of aryl methyl sites for hydroxylation is 1. The van der Waals surface area contributed by atoms with E-state index in [1.807, 2.05) is 0 Å². The maximum absolute atomic E-state index is 7.00. The first-order valence-electron chi connectivity index (χ1n) is 18.9. The van der Waals surface area contributed by atoms with Gasteiger partial charge in [0, 0.05) is 39.2 Å². The SMILES string of the molecule is Cc1ccc(N(c2ccccc2)c2cc3c(c4ccccc24)-c2cc4c(cc2C3(C)C)B2c3ccccc3N(c3ccccc3)c3cccc(c32)O4)cc1. The largest absolute Gasteiger partial charge is 0.458 e. The zero-order valence-corrected chi connectivity index (χ0v) is 30.5. The molecule has 0 saturated heterocycles. The third-order valence-electron chi connectivity index (χ3n) is 11.9. The van der Waals surface area contributed by atoms with Crippen LogP contribution in [-0.2, 0) is 5.41 Å². The summed E-state index contributed by atoms with van der Waals surface area (Å²) >= 11 is 0. The zero-order valence-electron chi connectivity index (χ0n) is 30.5. The molecule has 0 atom stereocenters. The van der Waals surface area contributed by atoms with Gasteiger partial charge in [-0.2, -0.15) is 0 Å². The molecule has 11 rings (SSSR count). The van der Waals surface area contributed by atoms with E-state index in [2.05, 4.69) is 200 Å². The average Bonchev–Trinajstić information content (AvgIpc) is 3.43. The first kappa shape index (κ1) is 31.1. The fourth-order valence-electron chi connectivity index (χ4n) is 9.43. The van der Waals surface area contributed by atoms with Crippen molar-refractivity contribution in [1.82, 2.24) is 0 Å². The Labute approximate surface area is 316 Å². The van der Waals surface area contributed by atoms with Gasteiger partial charge < -0.3 is 14.5 Å². The Kier molecular flexibility index (Phi) is 6.61. The van der Waals surface area contributed by atoms with Gasteiger partial charge in [-0.15, -0.1) is 0 Å². The smallest absolute Gasteiger partial charge is 0.256 e. The second-order valence-corrected chi connectivity index (χ2v) is 15.4. The summed E-state index contributed by atoms with van der Waals surface area (Å²) in [7, 11) is 0. The summed E-state index contributed by atoms with van der Waals surface area (Å²) in [6.07, 6.45) is 0. The molecule has 0 spiro atoms. The summed E-state index contributed by atoms with van der Waals surface area (Å²) in [4.78, 5) is 4.82. The van der Waals surface area contributed by atoms with E-state index >= 15 is 0 Å². The predicted molar refractivity (Wildman–Crippen MR) is 227 cm³/mol. The van der Waals surface area contributed by atoms with Gasteiger partial charge in [-0.3, -0.25) is 0 Å². The normalized spacial score (nSPS) is 14.1. The number of para-hydroxylation sites is 3. The second kappa shape index (κ2) is 11.5. The van der Waals surface area contributed by atoms with Crippen LogP contribution in [0.3, 0.4) is 0 Å². The third kappa shape index (κ3) is 4.37. The molecule has 3 nitrogen and oxygen atoms in total. The third-order valence-corrected chi connectivity index (χ3v) is 11.9. The lowest BCUT2D eigenvalue weighted by molar-refractivity contribution is 0.487. The highest BCUT2D eigenvalue weighted by Crippen LogP contribution is 2.55. The maximum atomic E-state index is 7.00. The minimum absolute atomic E-state index is 0.0448. The maximum Gasteiger partial charge on any atom is 0.256 e. The molecule has 0 fully saturated rings. The van der Waals surface area contributed by atoms with Crippen molar-refractivity contribution >= 4 is 68.0 Å². The number of hydrogen-bond donors (Lipinski definition) is 0. The van der Waals surface area contributed by atoms with Gasteiger partial charge in [-0.25, -0.2) is 0 Å². The lowest BCUT2D eigenvalue weighted by atomic mass is 9.34. The topological polar surface area (TPSA) is 15.7 Å². The molecular weight excluding hydrogens is 655 g/mol. The molecule has 0 amide bonds. The Morgan fingerprint density at radius 1 is 0.556 bits per heavy atom. The van der Waals surface area contributed by atoms with E-state index in [9.17, 15) is 0 Å². The number of benzene rings is 8. The van der Waals surface area contributed by atoms with Crippen molar-refractivity contribution in [2.45, 2.75) is 26.2 Å². The molecule has 0 bridgehead atoms. The predicted octanol–water partition coefficient (Wildman–Crippen LogP) is 11.3. The number of hydrogen-bond acceptors (Lipinski definition) is 3. The molecule has 1 aliphatic carbocycles. The van der Waals surface area contributed by atoms with Crippen LogP contribution in [0.4, 0.5) is 34.1 Å². The van der Waals surface area contributed by atoms with Crippen LogP contribution in [0.25, 0.3) is 21.9 Å². The molecule has 0 N–H and O–H groups in total. The lowest BCUT2D eigenvalue weighted by Gasteiger charge is -2.40. The second-order valence-electron chi connectivity index (χ2n) is 15.4. The number of anilines is 6. The standard InChI is InChI=1S/C50H37BN2O/c1-32-25-27-35(28-26-32)52(33-15-6-4-7-16-33)45-31-40-48(37-20-11-10-19-36(37)45)38-29-47-42(30-39(38)50(40,2)3)51-41-21-12-13-22-43(41)53(34-17-8-5-9-18-34)44-23-14-24-46(54-47)49(44)51/h4-31H,1-3H3. The van der Waals surface area contributed by atoms with Crippen LogP contribution in [0.5, 0.6) is 11.5 Å². The Hall–Kier alpha value is -6.52. The fraction of sp³-hybridized carbons (Fsp3) is 0.0800. The van der Waals surface area contributed by atoms with Crippen molar-refractivity contribution in [3.8, 4) is 22.6 Å². The molecule has 256 valence electrons. The monoisotopic (exact) mass is 692 g/mol. The molecule has 0 radical (unpaired) electrons. The van der Waals surface area contributed by atoms with Gasteiger partial charge in [0.1, 0.15) is 11.5 Å². The molecule has 0 aromatic heterocycles. The van der Waals surface area contributed by atoms with Gasteiger partial charge in [0.25, 0.3) is 6.71 Å². The quantitative estimate of drug-likeness (QED) is 0.171. The minimum Gasteiger partial charge on any atom is -0.458 e. The van der Waals surface area contributed by atoms with Gasteiger partial charge in [0.05, 0.1) is 5.69 Å². The van der Waals surface area contributed by atoms with E-state index in [0.29, 0.717) is 0 Å². The van der Waals surface area contributed by atoms with Crippen LogP contribution < -0.4 is 30.9 Å². The summed E-state index contributed by atoms with van der Waals surface area (Å²) in [5, 5.41) is 2.48. The number of ether oxygens (including phenoxy) is 1. The van der Waals surface area contributed by atoms with Gasteiger partial charge in [0.2, 0.25) is 0 Å². The lowest BCUT2D eigenvalue weighted by Crippen LogP contribution is -2.59. The first-order valence-corrected chi connectivity index (χ1v) is 18.9. The van der Waals surface area contributed by atoms with Crippen molar-refractivity contribution in [1.29, 1.82) is 0 Å². The van der Waals surface area contributed by atoms with Crippen molar-refractivity contribution in [3.05, 3.63) is 187 Å². The van der Waals surface area contributed by atoms with Gasteiger partial charge in [-0.05, 0) is 118 Å². The Bertz CT molecular complexity index is 2790. The molecule has 0 saturated carbocycles. The minimum atomic E-state index is -0.266. The van der Waals surface area contributed by atoms with Crippen LogP contribution >= 0.6 is 0 Å². The molecule has 8 aromatic rings. The molecule has 3 aliphatic rings. The summed E-state index contributed by atoms with van der Waals surface area (Å²) in [5.41, 5.74) is 16.9. The van der Waals surface area contributed by atoms with E-state index in [1.54, 1.807) is 0 Å². The van der Waals surface area contributed by atoms with Gasteiger partial charge in [-0.1, -0.05) is 123 Å². The molecule has 54 heavy (non-hydrogen) atoms. The number of nitrogens with zero attached hydrogens (tertiary/aromatic N) is 2. The molecule has 2 heterocycles. The van der Waals surface area contributed by atoms with Gasteiger partial charge >= 0.3 is 0 Å². The Morgan fingerprint density at radius 2 is 1.22 bits per heavy atom. The van der Waals surface area contributed by atoms with Crippen LogP contribution in [0.15, 0.2) is 170 Å². The molecular formula is C50H37BN2O. The van der Waals surface area contributed by atoms with Gasteiger partial charge in [0.15, 0.2) is 0 Å². The highest BCUT2D eigenvalue weighted by molar-refractivity contribution is 6.99. The van der Waals surface area contributed by atoms with Crippen molar-refractivity contribution < 1.29 is 4.74 Å². The summed E-state index contributed by atoms with van der Waals surface area (Å²) in [6, 6.07) is 62.0. The Balaban J connectivity index is 1.14. The highest BCUT2D eigenvalue weighted by Gasteiger charge is 2.45. The summed E-state index contributed by atoms with van der Waals surface area (Å²) in [5.74, 6) is 1.86. The van der Waals surface area contributed by atoms with Crippen LogP contribution in [0.2, 0.25) is 0 Å². The Morgan fingerprint density at radius 3 is 2.02 bits per heavy atom. The number of fused-ring (bicyclic) bond motifs is 9. The van der Waals surface area contributed by atoms with E-state index in [1.165, 1.54) is 72.0 Å². The van der Waals surface area contributed by atoms with Crippen molar-refractivity contribution in [2.24, 2.45) is 0 Å². The van der Waals surface area contributed by atoms with Crippen molar-refractivity contribution in [3.63, 3.8) is 0 Å². The van der Waals surface area contributed by atoms with Crippen molar-refractivity contribution in [2.75, 3.05) is 9.80 Å². The molecule has 4 heteroatoms. The molecule has 0 unspecified atom stereocenters. The fourth-order valence-corrected chi connectivity index (χ4v) is 9.43. The molecule has 8 aromatic carbocycles. The average molecular weight is 693 g/mol. The zero-order chi connectivity index (χ0) is 36.1. The van der Waals surface area contributed by atoms with Crippen LogP contribution in [-0.4, -0.2) is 6.71 Å². The van der Waals surface area contributed by atoms with Crippen LogP contribution in [0, 0.1) is 6.92 Å². The first-order chi connectivity index (χ1) is 26.5. The highest BCUT2D eigenvalue weighted by atomic mass is 16.5. The van der Waals surface area contributed by atoms with E-state index < -0.39 is 0 Å². The van der Waals surface area contributed by atoms with Crippen LogP contribution in [0.1, 0.15) is 30.5 Å². The summed E-state index contributed by atoms with van der Waals surface area (Å²) < 4.78 is 7.00. The number of rotatable bonds is 4. The van der Waals surface area contributed by atoms with E-state index in [4.69, 9.17) is 4.74 Å². The summed E-state index contributed by atoms with van der Waals surface area (Å²) in [6.45, 7) is 6.99. The van der Waals surface area contributed by atoms with E-state index in [-0.39, 0.29) is 12.1 Å². The van der Waals surface area contributed by atoms with E-state index in [0.717, 1.165) is 28.6 Å².